The van der Waals surface area contributed by atoms with E-state index in [4.69, 9.17) is 4.74 Å². The van der Waals surface area contributed by atoms with Gasteiger partial charge >= 0.3 is 12.1 Å². The second-order valence-corrected chi connectivity index (χ2v) is 6.60. The molecular formula is C14H29N3O3. The lowest BCUT2D eigenvalue weighted by Crippen LogP contribution is -2.53. The molecule has 20 heavy (non-hydrogen) atoms. The molecule has 6 nitrogen and oxygen atoms in total. The van der Waals surface area contributed by atoms with Gasteiger partial charge in [0.1, 0.15) is 11.8 Å². The number of urea groups is 1. The fraction of sp³-hybridized carbons (Fsp3) is 0.857. The van der Waals surface area contributed by atoms with Crippen LogP contribution in [0.25, 0.3) is 0 Å². The number of carbonyl (C=O) groups is 2. The third-order valence-electron chi connectivity index (χ3n) is 2.12. The Kier molecular flexibility index (Phi) is 7.39. The molecule has 0 unspecified atom stereocenters. The van der Waals surface area contributed by atoms with Crippen LogP contribution in [0.2, 0.25) is 0 Å². The molecule has 0 saturated carbocycles. The molecule has 0 saturated heterocycles. The largest absolute Gasteiger partial charge is 0.444 e. The third kappa shape index (κ3) is 10.5. The van der Waals surface area contributed by atoms with Gasteiger partial charge in [0.2, 0.25) is 0 Å². The summed E-state index contributed by atoms with van der Waals surface area (Å²) in [6.07, 6.45) is -0.360. The van der Waals surface area contributed by atoms with E-state index in [1.807, 2.05) is 27.7 Å². The van der Waals surface area contributed by atoms with Gasteiger partial charge in [-0.15, -0.1) is 0 Å². The summed E-state index contributed by atoms with van der Waals surface area (Å²) >= 11 is 0. The molecule has 6 heteroatoms. The second kappa shape index (κ2) is 7.97. The molecule has 118 valence electrons. The highest BCUT2D eigenvalue weighted by molar-refractivity contribution is 5.75. The van der Waals surface area contributed by atoms with Crippen molar-refractivity contribution in [2.75, 3.05) is 0 Å². The molecule has 0 aromatic heterocycles. The fourth-order valence-electron chi connectivity index (χ4n) is 1.54. The maximum absolute atomic E-state index is 11.7. The van der Waals surface area contributed by atoms with Gasteiger partial charge in [-0.2, -0.15) is 0 Å². The highest BCUT2D eigenvalue weighted by Crippen LogP contribution is 2.08. The second-order valence-electron chi connectivity index (χ2n) is 6.60. The first-order chi connectivity index (χ1) is 8.99. The van der Waals surface area contributed by atoms with Crippen LogP contribution >= 0.6 is 0 Å². The maximum Gasteiger partial charge on any atom is 0.409 e. The fourth-order valence-corrected chi connectivity index (χ4v) is 1.54. The molecule has 0 fully saturated rings. The monoisotopic (exact) mass is 287 g/mol. The summed E-state index contributed by atoms with van der Waals surface area (Å²) in [6, 6.07) is -0.266. The molecule has 0 heterocycles. The van der Waals surface area contributed by atoms with E-state index in [0.29, 0.717) is 12.3 Å². The first-order valence-corrected chi connectivity index (χ1v) is 7.06. The quantitative estimate of drug-likeness (QED) is 0.680. The lowest BCUT2D eigenvalue weighted by atomic mass is 10.1. The van der Waals surface area contributed by atoms with Crippen molar-refractivity contribution in [3.63, 3.8) is 0 Å². The number of alkyl carbamates (subject to hydrolysis) is 1. The first-order valence-electron chi connectivity index (χ1n) is 7.06. The van der Waals surface area contributed by atoms with Gasteiger partial charge < -0.3 is 20.7 Å². The van der Waals surface area contributed by atoms with Crippen molar-refractivity contribution in [2.45, 2.75) is 72.7 Å². The normalized spacial score (nSPS) is 13.1. The third-order valence-corrected chi connectivity index (χ3v) is 2.12. The van der Waals surface area contributed by atoms with Gasteiger partial charge in [-0.3, -0.25) is 0 Å². The standard InChI is InChI=1S/C14H29N3O3/c1-9(2)8-11(16-12(18)15-10(3)4)17-13(19)20-14(5,6)7/h9-11H,8H2,1-7H3,(H,17,19)(H2,15,16,18)/t11-/m1/s1. The molecule has 0 spiro atoms. The van der Waals surface area contributed by atoms with Crippen molar-refractivity contribution in [3.8, 4) is 0 Å². The average Bonchev–Trinajstić information content (AvgIpc) is 2.09. The van der Waals surface area contributed by atoms with Crippen LogP contribution in [0.5, 0.6) is 0 Å². The zero-order valence-corrected chi connectivity index (χ0v) is 13.7. The Labute approximate surface area is 122 Å². The highest BCUT2D eigenvalue weighted by Gasteiger charge is 2.21. The van der Waals surface area contributed by atoms with Crippen LogP contribution in [0, 0.1) is 5.92 Å². The Balaban J connectivity index is 4.49. The summed E-state index contributed by atoms with van der Waals surface area (Å²) in [4.78, 5) is 23.4. The van der Waals surface area contributed by atoms with Gasteiger partial charge in [-0.05, 0) is 47.0 Å². The minimum Gasteiger partial charge on any atom is -0.444 e. The summed E-state index contributed by atoms with van der Waals surface area (Å²) in [5.74, 6) is 0.328. The van der Waals surface area contributed by atoms with Crippen molar-refractivity contribution in [3.05, 3.63) is 0 Å². The van der Waals surface area contributed by atoms with E-state index in [0.717, 1.165) is 0 Å². The number of hydrogen-bond acceptors (Lipinski definition) is 3. The van der Waals surface area contributed by atoms with E-state index in [1.54, 1.807) is 20.8 Å². The molecule has 0 aromatic carbocycles. The van der Waals surface area contributed by atoms with E-state index in [1.165, 1.54) is 0 Å². The minimum atomic E-state index is -0.563. The predicted octanol–water partition coefficient (Wildman–Crippen LogP) is 2.59. The van der Waals surface area contributed by atoms with Crippen LogP contribution < -0.4 is 16.0 Å². The number of ether oxygens (including phenoxy) is 1. The first kappa shape index (κ1) is 18.5. The molecule has 0 radical (unpaired) electrons. The molecule has 1 atom stereocenters. The number of nitrogens with one attached hydrogen (secondary N) is 3. The number of carbonyl (C=O) groups excluding carboxylic acids is 2. The molecule has 0 aromatic rings. The summed E-state index contributed by atoms with van der Waals surface area (Å²) in [7, 11) is 0. The molecule has 3 N–H and O–H groups in total. The summed E-state index contributed by atoms with van der Waals surface area (Å²) < 4.78 is 5.19. The smallest absolute Gasteiger partial charge is 0.409 e. The van der Waals surface area contributed by atoms with Crippen LogP contribution in [0.4, 0.5) is 9.59 Å². The topological polar surface area (TPSA) is 79.5 Å². The van der Waals surface area contributed by atoms with Gasteiger partial charge in [0.15, 0.2) is 0 Å². The van der Waals surface area contributed by atoms with Crippen molar-refractivity contribution < 1.29 is 14.3 Å². The zero-order chi connectivity index (χ0) is 15.9. The molecular weight excluding hydrogens is 258 g/mol. The van der Waals surface area contributed by atoms with Gasteiger partial charge in [-0.25, -0.2) is 9.59 Å². The SMILES string of the molecule is CC(C)C[C@H](NC(=O)NC(C)C)NC(=O)OC(C)(C)C. The van der Waals surface area contributed by atoms with Gasteiger partial charge in [0.05, 0.1) is 0 Å². The molecule has 0 bridgehead atoms. The predicted molar refractivity (Wildman–Crippen MR) is 79.4 cm³/mol. The molecule has 3 amide bonds. The van der Waals surface area contributed by atoms with Gasteiger partial charge in [0, 0.05) is 6.04 Å². The van der Waals surface area contributed by atoms with Gasteiger partial charge in [0.25, 0.3) is 0 Å². The van der Waals surface area contributed by atoms with Crippen LogP contribution in [0.3, 0.4) is 0 Å². The summed E-state index contributed by atoms with van der Waals surface area (Å²) in [5.41, 5.74) is -0.563. The molecule has 0 rings (SSSR count). The maximum atomic E-state index is 11.7. The van der Waals surface area contributed by atoms with E-state index in [-0.39, 0.29) is 12.1 Å². The number of rotatable bonds is 5. The van der Waals surface area contributed by atoms with Crippen molar-refractivity contribution >= 4 is 12.1 Å². The Bertz CT molecular complexity index is 322. The Morgan fingerprint density at radius 2 is 1.55 bits per heavy atom. The van der Waals surface area contributed by atoms with E-state index < -0.39 is 17.9 Å². The molecule has 0 aliphatic carbocycles. The lowest BCUT2D eigenvalue weighted by molar-refractivity contribution is 0.0492. The highest BCUT2D eigenvalue weighted by atomic mass is 16.6. The Morgan fingerprint density at radius 1 is 1.00 bits per heavy atom. The van der Waals surface area contributed by atoms with E-state index in [2.05, 4.69) is 16.0 Å². The van der Waals surface area contributed by atoms with Crippen LogP contribution in [0.15, 0.2) is 0 Å². The average molecular weight is 287 g/mol. The van der Waals surface area contributed by atoms with E-state index >= 15 is 0 Å². The van der Waals surface area contributed by atoms with E-state index in [9.17, 15) is 9.59 Å². The lowest BCUT2D eigenvalue weighted by Gasteiger charge is -2.25. The van der Waals surface area contributed by atoms with Crippen LogP contribution in [-0.2, 0) is 4.74 Å². The molecule has 0 aliphatic rings. The summed E-state index contributed by atoms with van der Waals surface area (Å²) in [5, 5.41) is 8.14. The Morgan fingerprint density at radius 3 is 1.95 bits per heavy atom. The van der Waals surface area contributed by atoms with Crippen molar-refractivity contribution in [2.24, 2.45) is 5.92 Å². The van der Waals surface area contributed by atoms with Crippen LogP contribution in [-0.4, -0.2) is 29.9 Å². The Hall–Kier alpha value is -1.46. The summed E-state index contributed by atoms with van der Waals surface area (Å²) in [6.45, 7) is 13.2. The minimum absolute atomic E-state index is 0.0382. The molecule has 0 aliphatic heterocycles. The van der Waals surface area contributed by atoms with Crippen molar-refractivity contribution in [1.29, 1.82) is 0 Å². The number of amides is 3. The van der Waals surface area contributed by atoms with Gasteiger partial charge in [-0.1, -0.05) is 13.8 Å². The van der Waals surface area contributed by atoms with Crippen molar-refractivity contribution in [1.82, 2.24) is 16.0 Å². The van der Waals surface area contributed by atoms with Crippen LogP contribution in [0.1, 0.15) is 54.9 Å². The number of hydrogen-bond donors (Lipinski definition) is 3. The zero-order valence-electron chi connectivity index (χ0n) is 13.7.